The van der Waals surface area contributed by atoms with Gasteiger partial charge in [0.1, 0.15) is 13.2 Å². The van der Waals surface area contributed by atoms with Crippen LogP contribution in [-0.4, -0.2) is 40.1 Å². The highest BCUT2D eigenvalue weighted by Crippen LogP contribution is 2.32. The third kappa shape index (κ3) is 4.85. The van der Waals surface area contributed by atoms with Crippen LogP contribution in [-0.2, 0) is 14.8 Å². The fraction of sp³-hybridized carbons (Fsp3) is 0.588. The van der Waals surface area contributed by atoms with Crippen LogP contribution < -0.4 is 19.5 Å². The second-order valence-electron chi connectivity index (χ2n) is 6.39. The maximum Gasteiger partial charge on any atom is 0.241 e. The normalized spacial score (nSPS) is 18.4. The second kappa shape index (κ2) is 8.05. The molecule has 1 saturated carbocycles. The Kier molecular flexibility index (Phi) is 5.80. The number of rotatable bonds is 5. The van der Waals surface area contributed by atoms with E-state index in [0.29, 0.717) is 24.7 Å². The molecule has 25 heavy (non-hydrogen) atoms. The maximum absolute atomic E-state index is 12.4. The number of benzene rings is 1. The minimum atomic E-state index is -3.78. The number of fused-ring (bicyclic) bond motifs is 1. The van der Waals surface area contributed by atoms with Gasteiger partial charge in [-0.05, 0) is 25.0 Å². The fourth-order valence-corrected chi connectivity index (χ4v) is 4.13. The molecule has 1 aromatic rings. The molecule has 1 aliphatic carbocycles. The molecular weight excluding hydrogens is 344 g/mol. The van der Waals surface area contributed by atoms with Crippen molar-refractivity contribution < 1.29 is 22.7 Å². The third-order valence-electron chi connectivity index (χ3n) is 4.47. The van der Waals surface area contributed by atoms with Gasteiger partial charge in [-0.3, -0.25) is 4.79 Å². The lowest BCUT2D eigenvalue weighted by Gasteiger charge is -2.19. The van der Waals surface area contributed by atoms with Crippen LogP contribution in [0.2, 0.25) is 0 Å². The zero-order chi connectivity index (χ0) is 17.7. The molecule has 0 unspecified atom stereocenters. The molecule has 0 saturated heterocycles. The van der Waals surface area contributed by atoms with E-state index in [1.54, 1.807) is 6.07 Å². The summed E-state index contributed by atoms with van der Waals surface area (Å²) in [5, 5.41) is 2.92. The molecule has 0 spiro atoms. The van der Waals surface area contributed by atoms with Crippen LogP contribution in [0.25, 0.3) is 0 Å². The largest absolute Gasteiger partial charge is 0.486 e. The number of sulfonamides is 1. The zero-order valence-corrected chi connectivity index (χ0v) is 14.9. The average Bonchev–Trinajstić information content (AvgIpc) is 2.88. The quantitative estimate of drug-likeness (QED) is 0.770. The van der Waals surface area contributed by atoms with E-state index in [4.69, 9.17) is 9.47 Å². The van der Waals surface area contributed by atoms with Gasteiger partial charge in [0, 0.05) is 12.1 Å². The minimum Gasteiger partial charge on any atom is -0.486 e. The van der Waals surface area contributed by atoms with Crippen molar-refractivity contribution >= 4 is 15.9 Å². The number of carbonyl (C=O) groups excluding carboxylic acids is 1. The number of hydrogen-bond donors (Lipinski definition) is 2. The Morgan fingerprint density at radius 2 is 1.72 bits per heavy atom. The van der Waals surface area contributed by atoms with Crippen LogP contribution in [0.3, 0.4) is 0 Å². The van der Waals surface area contributed by atoms with Gasteiger partial charge in [0.15, 0.2) is 11.5 Å². The average molecular weight is 368 g/mol. The van der Waals surface area contributed by atoms with E-state index >= 15 is 0 Å². The van der Waals surface area contributed by atoms with E-state index in [1.807, 2.05) is 0 Å². The summed E-state index contributed by atoms with van der Waals surface area (Å²) in [6, 6.07) is 4.57. The summed E-state index contributed by atoms with van der Waals surface area (Å²) in [5.41, 5.74) is 0. The van der Waals surface area contributed by atoms with Crippen molar-refractivity contribution in [3.05, 3.63) is 18.2 Å². The molecule has 1 aromatic carbocycles. The van der Waals surface area contributed by atoms with Crippen LogP contribution >= 0.6 is 0 Å². The van der Waals surface area contributed by atoms with Crippen LogP contribution in [0.4, 0.5) is 0 Å². The molecule has 0 radical (unpaired) electrons. The molecule has 2 N–H and O–H groups in total. The molecule has 1 amide bonds. The summed E-state index contributed by atoms with van der Waals surface area (Å²) in [5.74, 6) is 0.626. The summed E-state index contributed by atoms with van der Waals surface area (Å²) in [6.07, 6.45) is 6.52. The second-order valence-corrected chi connectivity index (χ2v) is 8.15. The number of hydrogen-bond acceptors (Lipinski definition) is 5. The van der Waals surface area contributed by atoms with Crippen molar-refractivity contribution in [3.63, 3.8) is 0 Å². The van der Waals surface area contributed by atoms with Crippen LogP contribution in [0, 0.1) is 0 Å². The van der Waals surface area contributed by atoms with Crippen molar-refractivity contribution in [1.82, 2.24) is 10.0 Å². The summed E-state index contributed by atoms with van der Waals surface area (Å²) < 4.78 is 37.9. The van der Waals surface area contributed by atoms with E-state index in [0.717, 1.165) is 25.7 Å². The number of amides is 1. The SMILES string of the molecule is O=C(CNS(=O)(=O)c1ccc2c(c1)OCCO2)NC1CCCCCC1. The zero-order valence-electron chi connectivity index (χ0n) is 14.1. The Morgan fingerprint density at radius 1 is 1.04 bits per heavy atom. The van der Waals surface area contributed by atoms with Crippen molar-refractivity contribution in [2.45, 2.75) is 49.5 Å². The van der Waals surface area contributed by atoms with Gasteiger partial charge in [-0.15, -0.1) is 0 Å². The summed E-state index contributed by atoms with van der Waals surface area (Å²) in [6.45, 7) is 0.555. The molecular formula is C17H24N2O5S. The lowest BCUT2D eigenvalue weighted by Crippen LogP contribution is -2.41. The molecule has 138 valence electrons. The first-order valence-corrected chi connectivity index (χ1v) is 10.2. The van der Waals surface area contributed by atoms with Crippen molar-refractivity contribution in [2.75, 3.05) is 19.8 Å². The van der Waals surface area contributed by atoms with E-state index < -0.39 is 10.0 Å². The Morgan fingerprint density at radius 3 is 2.44 bits per heavy atom. The lowest BCUT2D eigenvalue weighted by atomic mass is 10.1. The van der Waals surface area contributed by atoms with Crippen molar-refractivity contribution in [2.24, 2.45) is 0 Å². The molecule has 1 fully saturated rings. The Bertz CT molecular complexity index is 712. The van der Waals surface area contributed by atoms with E-state index in [9.17, 15) is 13.2 Å². The highest BCUT2D eigenvalue weighted by molar-refractivity contribution is 7.89. The predicted octanol–water partition coefficient (Wildman–Crippen LogP) is 1.58. The Labute approximate surface area is 148 Å². The highest BCUT2D eigenvalue weighted by atomic mass is 32.2. The summed E-state index contributed by atoms with van der Waals surface area (Å²) in [4.78, 5) is 12.1. The summed E-state index contributed by atoms with van der Waals surface area (Å²) >= 11 is 0. The van der Waals surface area contributed by atoms with Gasteiger partial charge in [-0.1, -0.05) is 25.7 Å². The maximum atomic E-state index is 12.4. The molecule has 0 bridgehead atoms. The Hall–Kier alpha value is -1.80. The lowest BCUT2D eigenvalue weighted by molar-refractivity contribution is -0.120. The highest BCUT2D eigenvalue weighted by Gasteiger charge is 2.21. The van der Waals surface area contributed by atoms with Gasteiger partial charge in [-0.25, -0.2) is 13.1 Å². The number of carbonyl (C=O) groups is 1. The molecule has 2 aliphatic rings. The van der Waals surface area contributed by atoms with Gasteiger partial charge in [-0.2, -0.15) is 0 Å². The predicted molar refractivity (Wildman–Crippen MR) is 92.3 cm³/mol. The van der Waals surface area contributed by atoms with E-state index in [1.165, 1.54) is 25.0 Å². The van der Waals surface area contributed by atoms with E-state index in [2.05, 4.69) is 10.0 Å². The fourth-order valence-electron chi connectivity index (χ4n) is 3.14. The van der Waals surface area contributed by atoms with Crippen LogP contribution in [0.1, 0.15) is 38.5 Å². The standard InChI is InChI=1S/C17H24N2O5S/c20-17(19-13-5-3-1-2-4-6-13)12-18-25(21,22)14-7-8-15-16(11-14)24-10-9-23-15/h7-8,11,13,18H,1-6,9-10,12H2,(H,19,20). The molecule has 3 rings (SSSR count). The monoisotopic (exact) mass is 368 g/mol. The molecule has 1 heterocycles. The number of nitrogens with one attached hydrogen (secondary N) is 2. The van der Waals surface area contributed by atoms with Crippen LogP contribution in [0.15, 0.2) is 23.1 Å². The first-order chi connectivity index (χ1) is 12.0. The van der Waals surface area contributed by atoms with Gasteiger partial charge < -0.3 is 14.8 Å². The first-order valence-electron chi connectivity index (χ1n) is 8.73. The van der Waals surface area contributed by atoms with Gasteiger partial charge in [0.05, 0.1) is 11.4 Å². The summed E-state index contributed by atoms with van der Waals surface area (Å²) in [7, 11) is -3.78. The van der Waals surface area contributed by atoms with Gasteiger partial charge in [0.25, 0.3) is 0 Å². The molecule has 1 aliphatic heterocycles. The molecule has 7 nitrogen and oxygen atoms in total. The molecule has 0 atom stereocenters. The van der Waals surface area contributed by atoms with Gasteiger partial charge in [0.2, 0.25) is 15.9 Å². The smallest absolute Gasteiger partial charge is 0.241 e. The molecule has 0 aromatic heterocycles. The Balaban J connectivity index is 1.57. The van der Waals surface area contributed by atoms with Crippen LogP contribution in [0.5, 0.6) is 11.5 Å². The molecule has 8 heteroatoms. The van der Waals surface area contributed by atoms with Gasteiger partial charge >= 0.3 is 0 Å². The first kappa shape index (κ1) is 18.0. The number of ether oxygens (including phenoxy) is 2. The van der Waals surface area contributed by atoms with Crippen molar-refractivity contribution in [3.8, 4) is 11.5 Å². The van der Waals surface area contributed by atoms with Crippen molar-refractivity contribution in [1.29, 1.82) is 0 Å². The minimum absolute atomic E-state index is 0.0546. The topological polar surface area (TPSA) is 93.7 Å². The third-order valence-corrected chi connectivity index (χ3v) is 5.87. The van der Waals surface area contributed by atoms with E-state index in [-0.39, 0.29) is 23.4 Å².